The molecule has 2 aromatic carbocycles. The van der Waals surface area contributed by atoms with Crippen molar-refractivity contribution in [1.29, 1.82) is 0 Å². The van der Waals surface area contributed by atoms with Gasteiger partial charge in [-0.15, -0.1) is 0 Å². The number of piperidine rings is 1. The lowest BCUT2D eigenvalue weighted by molar-refractivity contribution is -0.138. The summed E-state index contributed by atoms with van der Waals surface area (Å²) in [5, 5.41) is 8.66. The number of hydrogen-bond acceptors (Lipinski definition) is 6. The zero-order valence-electron chi connectivity index (χ0n) is 30.8. The summed E-state index contributed by atoms with van der Waals surface area (Å²) in [5.74, 6) is -0.314. The second-order valence-corrected chi connectivity index (χ2v) is 12.5. The second-order valence-electron chi connectivity index (χ2n) is 12.5. The van der Waals surface area contributed by atoms with Crippen molar-refractivity contribution in [2.24, 2.45) is 5.92 Å². The normalized spacial score (nSPS) is 18.7. The van der Waals surface area contributed by atoms with Crippen LogP contribution in [-0.4, -0.2) is 71.4 Å². The van der Waals surface area contributed by atoms with Gasteiger partial charge < -0.3 is 24.4 Å². The van der Waals surface area contributed by atoms with E-state index in [0.717, 1.165) is 92.7 Å². The van der Waals surface area contributed by atoms with Gasteiger partial charge in [-0.05, 0) is 88.2 Å². The van der Waals surface area contributed by atoms with E-state index in [1.54, 1.807) is 6.07 Å². The number of hydrogen-bond donors (Lipinski definition) is 1. The molecule has 0 bridgehead atoms. The number of aromatic hydroxyl groups is 1. The Bertz CT molecular complexity index is 1550. The van der Waals surface area contributed by atoms with E-state index in [9.17, 15) is 40.3 Å². The summed E-state index contributed by atoms with van der Waals surface area (Å²) in [6, 6.07) is 9.26. The number of halogens is 7. The average Bonchev–Trinajstić information content (AvgIpc) is 3.56. The maximum atomic E-state index is 14.0. The Balaban J connectivity index is 0.000000285. The van der Waals surface area contributed by atoms with Gasteiger partial charge >= 0.3 is 12.4 Å². The summed E-state index contributed by atoms with van der Waals surface area (Å²) in [7, 11) is 2.08. The molecule has 3 atom stereocenters. The number of phenolic OH excluding ortho intramolecular Hbond substituents is 1. The molecule has 1 amide bonds. The zero-order valence-corrected chi connectivity index (χ0v) is 30.8. The summed E-state index contributed by atoms with van der Waals surface area (Å²) >= 11 is 0. The van der Waals surface area contributed by atoms with E-state index in [4.69, 9.17) is 9.84 Å². The first-order valence-electron chi connectivity index (χ1n) is 17.9. The van der Waals surface area contributed by atoms with Crippen LogP contribution < -0.4 is 4.74 Å². The number of likely N-dealkylation sites (tertiary alicyclic amines) is 2. The SMILES string of the molecule is CC.CCCC1C(C=O)CCCN1C(=O)c1cnccc1C(F)(F)F.CCCOc1cccc(F)c1C1CCN(C)C1.Oc1ccc(C(F)(F)F)cc1. The van der Waals surface area contributed by atoms with Crippen LogP contribution in [-0.2, 0) is 17.1 Å². The summed E-state index contributed by atoms with van der Waals surface area (Å²) in [5.41, 5.74) is -1.42. The van der Waals surface area contributed by atoms with E-state index in [1.165, 1.54) is 11.0 Å². The molecule has 294 valence electrons. The van der Waals surface area contributed by atoms with E-state index >= 15 is 0 Å². The summed E-state index contributed by atoms with van der Waals surface area (Å²) in [4.78, 5) is 31.2. The van der Waals surface area contributed by atoms with Crippen molar-refractivity contribution in [3.8, 4) is 11.5 Å². The Morgan fingerprint density at radius 3 is 2.19 bits per heavy atom. The summed E-state index contributed by atoms with van der Waals surface area (Å²) in [6.07, 6.45) is -1.58. The highest BCUT2D eigenvalue weighted by Crippen LogP contribution is 2.36. The molecule has 0 saturated carbocycles. The van der Waals surface area contributed by atoms with Gasteiger partial charge in [-0.2, -0.15) is 26.3 Å². The molecular weight excluding hydrogens is 707 g/mol. The monoisotopic (exact) mass is 757 g/mol. The number of alkyl halides is 6. The molecule has 7 nitrogen and oxygen atoms in total. The number of benzene rings is 2. The van der Waals surface area contributed by atoms with Crippen LogP contribution >= 0.6 is 0 Å². The van der Waals surface area contributed by atoms with Gasteiger partial charge in [-0.25, -0.2) is 4.39 Å². The lowest BCUT2D eigenvalue weighted by Gasteiger charge is -2.39. The molecule has 0 aliphatic carbocycles. The number of amides is 1. The maximum absolute atomic E-state index is 14.0. The minimum atomic E-state index is -4.62. The molecule has 53 heavy (non-hydrogen) atoms. The van der Waals surface area contributed by atoms with Crippen molar-refractivity contribution in [2.45, 2.75) is 90.5 Å². The largest absolute Gasteiger partial charge is 0.508 e. The van der Waals surface area contributed by atoms with Gasteiger partial charge in [0.2, 0.25) is 0 Å². The number of aldehydes is 1. The molecule has 1 N–H and O–H groups in total. The summed E-state index contributed by atoms with van der Waals surface area (Å²) < 4.78 is 94.5. The van der Waals surface area contributed by atoms with Crippen LogP contribution in [0.2, 0.25) is 0 Å². The van der Waals surface area contributed by atoms with Crippen molar-refractivity contribution in [1.82, 2.24) is 14.8 Å². The van der Waals surface area contributed by atoms with E-state index in [0.29, 0.717) is 32.4 Å². The highest BCUT2D eigenvalue weighted by molar-refractivity contribution is 5.96. The average molecular weight is 758 g/mol. The van der Waals surface area contributed by atoms with Gasteiger partial charge in [0, 0.05) is 48.9 Å². The highest BCUT2D eigenvalue weighted by atomic mass is 19.4. The van der Waals surface area contributed by atoms with Gasteiger partial charge in [-0.1, -0.05) is 40.2 Å². The quantitative estimate of drug-likeness (QED) is 0.182. The molecule has 2 aliphatic rings. The van der Waals surface area contributed by atoms with Crippen LogP contribution in [0.25, 0.3) is 0 Å². The van der Waals surface area contributed by atoms with Gasteiger partial charge in [-0.3, -0.25) is 9.78 Å². The zero-order chi connectivity index (χ0) is 39.8. The number of nitrogens with zero attached hydrogens (tertiary/aromatic N) is 3. The predicted octanol–water partition coefficient (Wildman–Crippen LogP) is 9.79. The summed E-state index contributed by atoms with van der Waals surface area (Å²) in [6.45, 7) is 10.9. The molecule has 3 unspecified atom stereocenters. The minimum Gasteiger partial charge on any atom is -0.508 e. The molecule has 3 aromatic rings. The third kappa shape index (κ3) is 13.3. The number of ether oxygens (including phenoxy) is 1. The highest BCUT2D eigenvalue weighted by Gasteiger charge is 2.39. The smallest absolute Gasteiger partial charge is 0.417 e. The topological polar surface area (TPSA) is 83.0 Å². The number of carbonyl (C=O) groups is 2. The molecular formula is C39H50F7N3O4. The lowest BCUT2D eigenvalue weighted by atomic mass is 9.87. The third-order valence-electron chi connectivity index (χ3n) is 8.68. The van der Waals surface area contributed by atoms with E-state index in [1.807, 2.05) is 26.8 Å². The van der Waals surface area contributed by atoms with E-state index in [2.05, 4.69) is 23.9 Å². The fraction of sp³-hybridized carbons (Fsp3) is 0.513. The first kappa shape index (κ1) is 45.0. The Labute approximate surface area is 307 Å². The molecule has 5 rings (SSSR count). The van der Waals surface area contributed by atoms with Crippen molar-refractivity contribution in [3.63, 3.8) is 0 Å². The van der Waals surface area contributed by atoms with Gasteiger partial charge in [0.1, 0.15) is 23.6 Å². The van der Waals surface area contributed by atoms with Crippen LogP contribution in [0.1, 0.15) is 99.2 Å². The first-order valence-corrected chi connectivity index (χ1v) is 17.9. The van der Waals surface area contributed by atoms with E-state index in [-0.39, 0.29) is 29.4 Å². The minimum absolute atomic E-state index is 0.126. The van der Waals surface area contributed by atoms with Crippen molar-refractivity contribution in [2.75, 3.05) is 33.3 Å². The van der Waals surface area contributed by atoms with Crippen molar-refractivity contribution in [3.05, 3.63) is 89.0 Å². The van der Waals surface area contributed by atoms with Crippen molar-refractivity contribution >= 4 is 12.2 Å². The third-order valence-corrected chi connectivity index (χ3v) is 8.68. The predicted molar refractivity (Wildman–Crippen MR) is 189 cm³/mol. The number of phenols is 1. The molecule has 0 radical (unpaired) electrons. The van der Waals surface area contributed by atoms with Gasteiger partial charge in [0.15, 0.2) is 0 Å². The second kappa shape index (κ2) is 21.5. The van der Waals surface area contributed by atoms with Crippen LogP contribution in [0.5, 0.6) is 11.5 Å². The molecule has 1 aromatic heterocycles. The Kier molecular flexibility index (Phi) is 18.2. The number of pyridine rings is 1. The molecule has 2 saturated heterocycles. The van der Waals surface area contributed by atoms with Gasteiger partial charge in [0.25, 0.3) is 5.91 Å². The number of rotatable bonds is 8. The maximum Gasteiger partial charge on any atom is 0.417 e. The lowest BCUT2D eigenvalue weighted by Crippen LogP contribution is -2.49. The fourth-order valence-electron chi connectivity index (χ4n) is 6.20. The molecule has 2 aliphatic heterocycles. The molecule has 0 spiro atoms. The Hall–Kier alpha value is -4.20. The van der Waals surface area contributed by atoms with E-state index < -0.39 is 35.0 Å². The fourth-order valence-corrected chi connectivity index (χ4v) is 6.20. The number of carbonyl (C=O) groups excluding carboxylic acids is 2. The van der Waals surface area contributed by atoms with Crippen molar-refractivity contribution < 1.29 is 50.2 Å². The number of aromatic nitrogens is 1. The molecule has 14 heteroatoms. The Morgan fingerprint density at radius 1 is 0.962 bits per heavy atom. The van der Waals surface area contributed by atoms with Crippen LogP contribution in [0.4, 0.5) is 30.7 Å². The number of likely N-dealkylation sites (N-methyl/N-ethyl adjacent to an activating group) is 1. The Morgan fingerprint density at radius 2 is 1.64 bits per heavy atom. The van der Waals surface area contributed by atoms with Crippen LogP contribution in [0.3, 0.4) is 0 Å². The molecule has 2 fully saturated rings. The molecule has 3 heterocycles. The van der Waals surface area contributed by atoms with Gasteiger partial charge in [0.05, 0.1) is 23.3 Å². The standard InChI is InChI=1S/C16H19F3N2O2.C14H20FNO.C7H5F3O.C2H6/c1-2-4-14-11(10-22)5-3-8-21(14)15(23)12-9-20-7-6-13(12)16(17,18)19;1-3-9-17-13-6-4-5-12(15)14(13)11-7-8-16(2)10-11;8-7(9,10)5-1-3-6(11)4-2-5;1-2/h6-7,9-11,14H,2-5,8H2,1H3;4-6,11H,3,7-10H2,1-2H3;1-4,11H;1-2H3. The van der Waals surface area contributed by atoms with Crippen LogP contribution in [0, 0.1) is 11.7 Å². The first-order chi connectivity index (χ1) is 25.1. The van der Waals surface area contributed by atoms with Crippen LogP contribution in [0.15, 0.2) is 60.9 Å².